The molecule has 0 saturated heterocycles. The van der Waals surface area contributed by atoms with E-state index in [1.54, 1.807) is 0 Å². The Kier molecular flexibility index (Phi) is 5.93. The molecule has 0 radical (unpaired) electrons. The van der Waals surface area contributed by atoms with Crippen LogP contribution in [0.3, 0.4) is 0 Å². The molecule has 3 aliphatic rings. The summed E-state index contributed by atoms with van der Waals surface area (Å²) in [7, 11) is 0. The monoisotopic (exact) mass is 324 g/mol. The average molecular weight is 324 g/mol. The van der Waals surface area contributed by atoms with E-state index < -0.39 is 0 Å². The fourth-order valence-corrected chi connectivity index (χ4v) is 3.73. The zero-order chi connectivity index (χ0) is 17.7. The highest BCUT2D eigenvalue weighted by molar-refractivity contribution is 6.06. The molecule has 2 unspecified atom stereocenters. The van der Waals surface area contributed by atoms with Gasteiger partial charge in [0.15, 0.2) is 0 Å². The summed E-state index contributed by atoms with van der Waals surface area (Å²) in [6.07, 6.45) is 8.42. The normalized spacial score (nSPS) is 24.2. The quantitative estimate of drug-likeness (QED) is 0.570. The number of hydrogen-bond donors (Lipinski definition) is 0. The van der Waals surface area contributed by atoms with Gasteiger partial charge in [-0.2, -0.15) is 0 Å². The average Bonchev–Trinajstić information content (AvgIpc) is 2.60. The van der Waals surface area contributed by atoms with E-state index in [-0.39, 0.29) is 0 Å². The van der Waals surface area contributed by atoms with Crippen molar-refractivity contribution in [1.29, 1.82) is 0 Å². The number of allylic oxidation sites excluding steroid dienone is 4. The Balaban J connectivity index is 0.000000175. The van der Waals surface area contributed by atoms with Crippen LogP contribution in [-0.2, 0) is 9.59 Å². The Labute approximate surface area is 145 Å². The van der Waals surface area contributed by atoms with Crippen LogP contribution < -0.4 is 0 Å². The van der Waals surface area contributed by atoms with Crippen molar-refractivity contribution in [2.45, 2.75) is 40.5 Å². The van der Waals surface area contributed by atoms with Gasteiger partial charge in [0.05, 0.1) is 0 Å². The minimum absolute atomic E-state index is 0.403. The Morgan fingerprint density at radius 3 is 2.25 bits per heavy atom. The van der Waals surface area contributed by atoms with Crippen LogP contribution in [0.25, 0.3) is 5.57 Å². The van der Waals surface area contributed by atoms with Crippen molar-refractivity contribution in [1.82, 2.24) is 0 Å². The van der Waals surface area contributed by atoms with Gasteiger partial charge in [0.25, 0.3) is 0 Å². The Morgan fingerprint density at radius 1 is 1.17 bits per heavy atom. The maximum atomic E-state index is 10.8. The van der Waals surface area contributed by atoms with E-state index in [2.05, 4.69) is 33.8 Å². The lowest BCUT2D eigenvalue weighted by atomic mass is 9.49. The van der Waals surface area contributed by atoms with Crippen molar-refractivity contribution in [2.75, 3.05) is 0 Å². The standard InChI is InChI=1S/C12H14O.C10H14O/c1-10(2)8-12(9-13)11-6-4-3-5-7-11;1-10(2)8-4-3-7(6-11)9(10)5-8/h3-10H,1-2H3;3,6,8-9H,4-5H2,1-2H3/b12-8-;. The van der Waals surface area contributed by atoms with E-state index in [1.165, 1.54) is 6.42 Å². The summed E-state index contributed by atoms with van der Waals surface area (Å²) in [5, 5.41) is 0. The molecule has 3 aliphatic carbocycles. The van der Waals surface area contributed by atoms with Crippen molar-refractivity contribution < 1.29 is 9.59 Å². The minimum Gasteiger partial charge on any atom is -0.298 e. The lowest BCUT2D eigenvalue weighted by Gasteiger charge is -2.55. The molecule has 0 aromatic heterocycles. The van der Waals surface area contributed by atoms with Crippen LogP contribution in [0.4, 0.5) is 0 Å². The van der Waals surface area contributed by atoms with Crippen LogP contribution in [0, 0.1) is 23.2 Å². The number of carbonyl (C=O) groups is 2. The third-order valence-electron chi connectivity index (χ3n) is 5.39. The minimum atomic E-state index is 0.403. The van der Waals surface area contributed by atoms with Gasteiger partial charge in [-0.3, -0.25) is 9.59 Å². The van der Waals surface area contributed by atoms with Crippen LogP contribution in [0.15, 0.2) is 48.1 Å². The third-order valence-corrected chi connectivity index (χ3v) is 5.39. The molecule has 1 aromatic carbocycles. The van der Waals surface area contributed by atoms with Gasteiger partial charge in [-0.1, -0.05) is 70.2 Å². The lowest BCUT2D eigenvalue weighted by molar-refractivity contribution is -0.108. The summed E-state index contributed by atoms with van der Waals surface area (Å²) in [5.41, 5.74) is 3.23. The van der Waals surface area contributed by atoms with Gasteiger partial charge in [0.1, 0.15) is 12.6 Å². The molecule has 128 valence electrons. The topological polar surface area (TPSA) is 34.1 Å². The Morgan fingerprint density at radius 2 is 1.83 bits per heavy atom. The van der Waals surface area contributed by atoms with E-state index >= 15 is 0 Å². The number of benzene rings is 1. The van der Waals surface area contributed by atoms with Crippen molar-refractivity contribution in [3.05, 3.63) is 53.6 Å². The molecule has 0 N–H and O–H groups in total. The van der Waals surface area contributed by atoms with Crippen LogP contribution >= 0.6 is 0 Å². The van der Waals surface area contributed by atoms with Crippen LogP contribution in [0.1, 0.15) is 46.1 Å². The van der Waals surface area contributed by atoms with E-state index in [1.807, 2.05) is 36.4 Å². The Hall–Kier alpha value is -1.96. The predicted octanol–water partition coefficient (Wildman–Crippen LogP) is 5.10. The molecule has 0 amide bonds. The van der Waals surface area contributed by atoms with E-state index in [9.17, 15) is 9.59 Å². The highest BCUT2D eigenvalue weighted by Crippen LogP contribution is 2.58. The first-order chi connectivity index (χ1) is 11.4. The molecular formula is C22H28O2. The molecular weight excluding hydrogens is 296 g/mol. The first kappa shape index (κ1) is 18.4. The molecule has 0 aliphatic heterocycles. The van der Waals surface area contributed by atoms with Gasteiger partial charge in [-0.25, -0.2) is 0 Å². The molecule has 2 atom stereocenters. The summed E-state index contributed by atoms with van der Waals surface area (Å²) in [6.45, 7) is 8.68. The first-order valence-corrected chi connectivity index (χ1v) is 8.77. The number of fused-ring (bicyclic) bond motifs is 1. The summed E-state index contributed by atoms with van der Waals surface area (Å²) < 4.78 is 0. The number of aldehydes is 2. The maximum Gasteiger partial charge on any atom is 0.150 e. The van der Waals surface area contributed by atoms with Crippen molar-refractivity contribution in [3.8, 4) is 0 Å². The highest BCUT2D eigenvalue weighted by Gasteiger charge is 2.50. The molecule has 2 nitrogen and oxygen atoms in total. The number of rotatable bonds is 4. The van der Waals surface area contributed by atoms with Crippen molar-refractivity contribution in [3.63, 3.8) is 0 Å². The summed E-state index contributed by atoms with van der Waals surface area (Å²) >= 11 is 0. The second-order valence-corrected chi connectivity index (χ2v) is 7.71. The van der Waals surface area contributed by atoms with Crippen LogP contribution in [0.5, 0.6) is 0 Å². The van der Waals surface area contributed by atoms with Gasteiger partial charge in [-0.15, -0.1) is 0 Å². The number of hydrogen-bond acceptors (Lipinski definition) is 2. The summed E-state index contributed by atoms with van der Waals surface area (Å²) in [6, 6.07) is 9.71. The molecule has 1 saturated carbocycles. The zero-order valence-electron chi connectivity index (χ0n) is 15.2. The Bertz CT molecular complexity index is 635. The van der Waals surface area contributed by atoms with Gasteiger partial charge in [0.2, 0.25) is 0 Å². The van der Waals surface area contributed by atoms with Gasteiger partial charge in [-0.05, 0) is 47.1 Å². The van der Waals surface area contributed by atoms with Gasteiger partial charge < -0.3 is 0 Å². The summed E-state index contributed by atoms with van der Waals surface area (Å²) in [5.74, 6) is 1.82. The largest absolute Gasteiger partial charge is 0.298 e. The molecule has 0 spiro atoms. The molecule has 2 heteroatoms. The fourth-order valence-electron chi connectivity index (χ4n) is 3.73. The van der Waals surface area contributed by atoms with Gasteiger partial charge in [0, 0.05) is 5.57 Å². The van der Waals surface area contributed by atoms with Gasteiger partial charge >= 0.3 is 0 Å². The van der Waals surface area contributed by atoms with Crippen molar-refractivity contribution >= 4 is 18.1 Å². The lowest BCUT2D eigenvalue weighted by Crippen LogP contribution is -2.48. The second kappa shape index (κ2) is 7.74. The predicted molar refractivity (Wildman–Crippen MR) is 99.5 cm³/mol. The third kappa shape index (κ3) is 3.92. The number of carbonyl (C=O) groups excluding carboxylic acids is 2. The van der Waals surface area contributed by atoms with E-state index in [0.29, 0.717) is 17.3 Å². The molecule has 4 rings (SSSR count). The summed E-state index contributed by atoms with van der Waals surface area (Å²) in [4.78, 5) is 21.4. The van der Waals surface area contributed by atoms with Crippen molar-refractivity contribution in [2.24, 2.45) is 23.2 Å². The molecule has 2 bridgehead atoms. The molecule has 24 heavy (non-hydrogen) atoms. The SMILES string of the molecule is CC(C)/C=C(/C=O)c1ccccc1.CC1(C)C2CC=C(C=O)C1C2. The zero-order valence-corrected chi connectivity index (χ0v) is 15.2. The molecule has 0 heterocycles. The first-order valence-electron chi connectivity index (χ1n) is 8.77. The van der Waals surface area contributed by atoms with E-state index in [4.69, 9.17) is 0 Å². The van der Waals surface area contributed by atoms with Crippen LogP contribution in [0.2, 0.25) is 0 Å². The smallest absolute Gasteiger partial charge is 0.150 e. The fraction of sp³-hybridized carbons (Fsp3) is 0.455. The van der Waals surface area contributed by atoms with Crippen LogP contribution in [-0.4, -0.2) is 12.6 Å². The molecule has 1 aromatic rings. The maximum absolute atomic E-state index is 10.8. The van der Waals surface area contributed by atoms with E-state index in [0.717, 1.165) is 41.6 Å². The second-order valence-electron chi connectivity index (χ2n) is 7.71. The highest BCUT2D eigenvalue weighted by atomic mass is 16.1. The molecule has 1 fully saturated rings.